The Kier molecular flexibility index (Phi) is 9.42. The molecule has 0 saturated heterocycles. The molecule has 2 unspecified atom stereocenters. The molecule has 2 aromatic carbocycles. The summed E-state index contributed by atoms with van der Waals surface area (Å²) in [6.45, 7) is 5.97. The van der Waals surface area contributed by atoms with Crippen LogP contribution in [0.4, 0.5) is 5.69 Å². The van der Waals surface area contributed by atoms with Crippen molar-refractivity contribution in [3.63, 3.8) is 0 Å². The van der Waals surface area contributed by atoms with Crippen LogP contribution in [0.15, 0.2) is 48.5 Å². The lowest BCUT2D eigenvalue weighted by Gasteiger charge is -2.18. The monoisotopic (exact) mass is 434 g/mol. The second-order valence-electron chi connectivity index (χ2n) is 7.18. The third-order valence-electron chi connectivity index (χ3n) is 4.59. The van der Waals surface area contributed by atoms with E-state index in [4.69, 9.17) is 5.73 Å². The Morgan fingerprint density at radius 2 is 1.67 bits per heavy atom. The number of rotatable bonds is 8. The molecule has 162 valence electrons. The highest BCUT2D eigenvalue weighted by atomic mass is 35.5. The molecular weight excluding hydrogens is 408 g/mol. The number of carbonyl (C=O) groups excluding carboxylic acids is 2. The van der Waals surface area contributed by atoms with Gasteiger partial charge < -0.3 is 16.4 Å². The van der Waals surface area contributed by atoms with Gasteiger partial charge >= 0.3 is 0 Å². The Labute approximate surface area is 181 Å². The number of hydrogen-bond acceptors (Lipinski definition) is 5. The van der Waals surface area contributed by atoms with Crippen LogP contribution in [-0.2, 0) is 4.79 Å². The van der Waals surface area contributed by atoms with Crippen molar-refractivity contribution in [3.8, 4) is 0 Å². The number of nitrogens with one attached hydrogen (secondary N) is 2. The summed E-state index contributed by atoms with van der Waals surface area (Å²) in [5.74, 6) is -0.529. The average molecular weight is 435 g/mol. The number of non-ortho nitro benzene ring substituents is 1. The second kappa shape index (κ2) is 11.3. The number of nitrogens with two attached hydrogens (primary N) is 1. The van der Waals surface area contributed by atoms with Crippen molar-refractivity contribution in [1.82, 2.24) is 10.6 Å². The lowest BCUT2D eigenvalue weighted by Crippen LogP contribution is -2.46. The van der Waals surface area contributed by atoms with Gasteiger partial charge in [-0.25, -0.2) is 0 Å². The van der Waals surface area contributed by atoms with Crippen molar-refractivity contribution in [2.24, 2.45) is 5.73 Å². The van der Waals surface area contributed by atoms with Crippen molar-refractivity contribution in [1.29, 1.82) is 0 Å². The van der Waals surface area contributed by atoms with Crippen LogP contribution in [0.1, 0.15) is 54.2 Å². The Morgan fingerprint density at radius 1 is 1.07 bits per heavy atom. The minimum Gasteiger partial charge on any atom is -0.352 e. The topological polar surface area (TPSA) is 127 Å². The zero-order valence-corrected chi connectivity index (χ0v) is 17.9. The first kappa shape index (κ1) is 25.1. The molecule has 0 aliphatic rings. The van der Waals surface area contributed by atoms with Crippen LogP contribution < -0.4 is 16.4 Å². The van der Waals surface area contributed by atoms with Crippen molar-refractivity contribution in [3.05, 3.63) is 75.3 Å². The number of nitro groups is 1. The molecule has 0 heterocycles. The molecule has 9 heteroatoms. The smallest absolute Gasteiger partial charge is 0.270 e. The van der Waals surface area contributed by atoms with Crippen molar-refractivity contribution < 1.29 is 14.5 Å². The molecule has 2 aromatic rings. The van der Waals surface area contributed by atoms with Crippen LogP contribution in [0.25, 0.3) is 0 Å². The summed E-state index contributed by atoms with van der Waals surface area (Å²) in [5.41, 5.74) is 8.18. The summed E-state index contributed by atoms with van der Waals surface area (Å²) in [7, 11) is 0. The maximum atomic E-state index is 12.3. The molecule has 0 aliphatic heterocycles. The summed E-state index contributed by atoms with van der Waals surface area (Å²) in [4.78, 5) is 34.8. The molecule has 0 saturated carbocycles. The van der Waals surface area contributed by atoms with E-state index in [1.807, 2.05) is 24.3 Å². The lowest BCUT2D eigenvalue weighted by molar-refractivity contribution is -0.384. The molecule has 0 radical (unpaired) electrons. The van der Waals surface area contributed by atoms with E-state index in [-0.39, 0.29) is 36.2 Å². The molecule has 30 heavy (non-hydrogen) atoms. The molecule has 0 aliphatic carbocycles. The summed E-state index contributed by atoms with van der Waals surface area (Å²) >= 11 is 0. The standard InChI is InChI=1S/C21H26N4O4.ClH/c1-13(2)15-7-9-16(10-8-15)19(22)12-23-20(26)14(3)24-21(27)17-5-4-6-18(11-17)25(28)29;/h4-11,13-14,19H,12,22H2,1-3H3,(H,23,26)(H,24,27);1H. The fraction of sp³-hybridized carbons (Fsp3) is 0.333. The number of halogens is 1. The highest BCUT2D eigenvalue weighted by Crippen LogP contribution is 2.17. The maximum absolute atomic E-state index is 12.3. The van der Waals surface area contributed by atoms with Crippen LogP contribution in [-0.4, -0.2) is 29.3 Å². The van der Waals surface area contributed by atoms with Gasteiger partial charge in [0, 0.05) is 30.3 Å². The third-order valence-corrected chi connectivity index (χ3v) is 4.59. The summed E-state index contributed by atoms with van der Waals surface area (Å²) in [5, 5.41) is 16.1. The van der Waals surface area contributed by atoms with Gasteiger partial charge in [-0.3, -0.25) is 19.7 Å². The first-order chi connectivity index (χ1) is 13.7. The fourth-order valence-corrected chi connectivity index (χ4v) is 2.72. The zero-order chi connectivity index (χ0) is 21.6. The number of carbonyl (C=O) groups is 2. The Morgan fingerprint density at radius 3 is 2.23 bits per heavy atom. The molecule has 0 aromatic heterocycles. The van der Waals surface area contributed by atoms with Gasteiger partial charge in [-0.1, -0.05) is 44.2 Å². The Bertz CT molecular complexity index is 887. The summed E-state index contributed by atoms with van der Waals surface area (Å²) < 4.78 is 0. The Balaban J connectivity index is 0.00000450. The van der Waals surface area contributed by atoms with E-state index in [9.17, 15) is 19.7 Å². The second-order valence-corrected chi connectivity index (χ2v) is 7.18. The predicted octanol–water partition coefficient (Wildman–Crippen LogP) is 3.07. The van der Waals surface area contributed by atoms with Gasteiger partial charge in [0.1, 0.15) is 6.04 Å². The number of hydrogen-bond donors (Lipinski definition) is 3. The molecule has 2 rings (SSSR count). The maximum Gasteiger partial charge on any atom is 0.270 e. The average Bonchev–Trinajstić information content (AvgIpc) is 2.71. The van der Waals surface area contributed by atoms with Crippen LogP contribution in [0, 0.1) is 10.1 Å². The largest absolute Gasteiger partial charge is 0.352 e. The fourth-order valence-electron chi connectivity index (χ4n) is 2.72. The number of nitrogens with zero attached hydrogens (tertiary/aromatic N) is 1. The van der Waals surface area contributed by atoms with E-state index in [0.29, 0.717) is 5.92 Å². The normalized spacial score (nSPS) is 12.4. The van der Waals surface area contributed by atoms with E-state index in [0.717, 1.165) is 11.6 Å². The lowest BCUT2D eigenvalue weighted by atomic mass is 9.99. The first-order valence-electron chi connectivity index (χ1n) is 9.37. The minimum absolute atomic E-state index is 0. The van der Waals surface area contributed by atoms with Crippen molar-refractivity contribution >= 4 is 29.9 Å². The van der Waals surface area contributed by atoms with Crippen LogP contribution in [0.2, 0.25) is 0 Å². The SMILES string of the molecule is CC(NC(=O)c1cccc([N+](=O)[O-])c1)C(=O)NCC(N)c1ccc(C(C)C)cc1.Cl. The number of benzene rings is 2. The molecule has 2 amide bonds. The van der Waals surface area contributed by atoms with Gasteiger partial charge in [-0.2, -0.15) is 0 Å². The predicted molar refractivity (Wildman–Crippen MR) is 118 cm³/mol. The highest BCUT2D eigenvalue weighted by molar-refractivity contribution is 5.97. The van der Waals surface area contributed by atoms with Gasteiger partial charge in [0.05, 0.1) is 4.92 Å². The number of amides is 2. The van der Waals surface area contributed by atoms with Crippen molar-refractivity contribution in [2.45, 2.75) is 38.8 Å². The summed E-state index contributed by atoms with van der Waals surface area (Å²) in [6, 6.07) is 12.0. The molecule has 2 atom stereocenters. The summed E-state index contributed by atoms with van der Waals surface area (Å²) in [6.07, 6.45) is 0. The van der Waals surface area contributed by atoms with Crippen LogP contribution in [0.5, 0.6) is 0 Å². The zero-order valence-electron chi connectivity index (χ0n) is 17.1. The van der Waals surface area contributed by atoms with E-state index in [1.54, 1.807) is 0 Å². The van der Waals surface area contributed by atoms with Gasteiger partial charge in [0.15, 0.2) is 0 Å². The molecule has 0 bridgehead atoms. The molecule has 0 spiro atoms. The quantitative estimate of drug-likeness (QED) is 0.434. The van der Waals surface area contributed by atoms with Gasteiger partial charge in [-0.05, 0) is 30.0 Å². The van der Waals surface area contributed by atoms with E-state index < -0.39 is 22.8 Å². The van der Waals surface area contributed by atoms with E-state index in [1.165, 1.54) is 30.7 Å². The van der Waals surface area contributed by atoms with E-state index in [2.05, 4.69) is 24.5 Å². The van der Waals surface area contributed by atoms with E-state index >= 15 is 0 Å². The van der Waals surface area contributed by atoms with Gasteiger partial charge in [0.25, 0.3) is 11.6 Å². The highest BCUT2D eigenvalue weighted by Gasteiger charge is 2.19. The molecule has 8 nitrogen and oxygen atoms in total. The molecule has 4 N–H and O–H groups in total. The van der Waals surface area contributed by atoms with Crippen LogP contribution in [0.3, 0.4) is 0 Å². The number of nitro benzene ring substituents is 1. The third kappa shape index (κ3) is 6.82. The van der Waals surface area contributed by atoms with Gasteiger partial charge in [0.2, 0.25) is 5.91 Å². The van der Waals surface area contributed by atoms with Gasteiger partial charge in [-0.15, -0.1) is 12.4 Å². The Hall–Kier alpha value is -2.97. The molecule has 0 fully saturated rings. The molecular formula is C21H27ClN4O4. The first-order valence-corrected chi connectivity index (χ1v) is 9.37. The van der Waals surface area contributed by atoms with Crippen molar-refractivity contribution in [2.75, 3.05) is 6.54 Å². The van der Waals surface area contributed by atoms with Crippen LogP contribution >= 0.6 is 12.4 Å². The minimum atomic E-state index is -0.822.